The summed E-state index contributed by atoms with van der Waals surface area (Å²) in [5.41, 5.74) is 3.27. The minimum Gasteiger partial charge on any atom is -0.338 e. The summed E-state index contributed by atoms with van der Waals surface area (Å²) in [7, 11) is 0. The Balaban J connectivity index is 1.38. The van der Waals surface area contributed by atoms with Gasteiger partial charge in [0.05, 0.1) is 17.1 Å². The smallest absolute Gasteiger partial charge is 0.223 e. The molecule has 0 saturated carbocycles. The quantitative estimate of drug-likeness (QED) is 0.710. The summed E-state index contributed by atoms with van der Waals surface area (Å²) in [6.45, 7) is 3.55. The molecular formula is C20H20ClN3O. The summed E-state index contributed by atoms with van der Waals surface area (Å²) in [5.74, 6) is 1.22. The number of aryl methyl sites for hydroxylation is 2. The largest absolute Gasteiger partial charge is 0.338 e. The van der Waals surface area contributed by atoms with Crippen molar-refractivity contribution in [3.05, 3.63) is 64.9 Å². The van der Waals surface area contributed by atoms with Crippen LogP contribution < -0.4 is 0 Å². The average molecular weight is 354 g/mol. The van der Waals surface area contributed by atoms with Gasteiger partial charge in [-0.15, -0.1) is 0 Å². The van der Waals surface area contributed by atoms with Crippen molar-refractivity contribution in [3.8, 4) is 0 Å². The molecule has 3 aromatic rings. The van der Waals surface area contributed by atoms with Crippen molar-refractivity contribution in [2.75, 3.05) is 13.1 Å². The maximum atomic E-state index is 12.4. The normalized spacial score (nSPS) is 14.7. The molecule has 1 aliphatic rings. The fraction of sp³-hybridized carbons (Fsp3) is 0.300. The summed E-state index contributed by atoms with van der Waals surface area (Å²) in [5, 5.41) is 0.719. The van der Waals surface area contributed by atoms with Crippen LogP contribution in [0.4, 0.5) is 0 Å². The lowest BCUT2D eigenvalue weighted by Crippen LogP contribution is -2.51. The summed E-state index contributed by atoms with van der Waals surface area (Å²) in [4.78, 5) is 19.0. The highest BCUT2D eigenvalue weighted by molar-refractivity contribution is 6.30. The van der Waals surface area contributed by atoms with Crippen LogP contribution in [0.15, 0.2) is 48.5 Å². The molecule has 0 bridgehead atoms. The van der Waals surface area contributed by atoms with Gasteiger partial charge in [0.2, 0.25) is 5.91 Å². The van der Waals surface area contributed by atoms with E-state index in [1.54, 1.807) is 0 Å². The third-order valence-corrected chi connectivity index (χ3v) is 5.10. The Bertz CT molecular complexity index is 928. The third-order valence-electron chi connectivity index (χ3n) is 4.87. The van der Waals surface area contributed by atoms with Gasteiger partial charge in [-0.05, 0) is 43.2 Å². The minimum atomic E-state index is 0.207. The fourth-order valence-corrected chi connectivity index (χ4v) is 3.76. The van der Waals surface area contributed by atoms with Gasteiger partial charge >= 0.3 is 0 Å². The molecule has 1 amide bonds. The number of aromatic nitrogens is 2. The molecular weight excluding hydrogens is 334 g/mol. The van der Waals surface area contributed by atoms with E-state index in [0.717, 1.165) is 47.0 Å². The number of carbonyl (C=O) groups excluding carboxylic acids is 1. The van der Waals surface area contributed by atoms with Crippen molar-refractivity contribution >= 4 is 28.5 Å². The van der Waals surface area contributed by atoms with E-state index in [2.05, 4.69) is 15.6 Å². The first-order valence-corrected chi connectivity index (χ1v) is 8.95. The maximum absolute atomic E-state index is 12.4. The van der Waals surface area contributed by atoms with Crippen molar-refractivity contribution in [2.45, 2.75) is 25.8 Å². The van der Waals surface area contributed by atoms with Crippen LogP contribution in [-0.2, 0) is 11.2 Å². The van der Waals surface area contributed by atoms with E-state index in [1.165, 1.54) is 0 Å². The number of amides is 1. The molecule has 1 aliphatic heterocycles. The molecule has 2 heterocycles. The van der Waals surface area contributed by atoms with Crippen LogP contribution in [-0.4, -0.2) is 33.4 Å². The van der Waals surface area contributed by atoms with Crippen molar-refractivity contribution in [2.24, 2.45) is 0 Å². The second-order valence-corrected chi connectivity index (χ2v) is 7.04. The predicted molar refractivity (Wildman–Crippen MR) is 99.9 cm³/mol. The zero-order valence-electron chi connectivity index (χ0n) is 14.2. The lowest BCUT2D eigenvalue weighted by molar-refractivity contribution is -0.136. The number of likely N-dealkylation sites (tertiary alicyclic amines) is 1. The van der Waals surface area contributed by atoms with Crippen molar-refractivity contribution < 1.29 is 4.79 Å². The van der Waals surface area contributed by atoms with E-state index in [4.69, 9.17) is 11.6 Å². The number of carbonyl (C=O) groups is 1. The third kappa shape index (κ3) is 3.14. The summed E-state index contributed by atoms with van der Waals surface area (Å²) in [6.07, 6.45) is 1.25. The molecule has 1 fully saturated rings. The second-order valence-electron chi connectivity index (χ2n) is 6.60. The highest BCUT2D eigenvalue weighted by atomic mass is 35.5. The topological polar surface area (TPSA) is 38.1 Å². The summed E-state index contributed by atoms with van der Waals surface area (Å²) < 4.78 is 2.26. The molecule has 4 rings (SSSR count). The average Bonchev–Trinajstić information content (AvgIpc) is 2.88. The van der Waals surface area contributed by atoms with Crippen LogP contribution in [0.3, 0.4) is 0 Å². The van der Waals surface area contributed by atoms with E-state index in [0.29, 0.717) is 12.5 Å². The van der Waals surface area contributed by atoms with Crippen molar-refractivity contribution in [1.82, 2.24) is 14.5 Å². The Morgan fingerprint density at radius 2 is 2.00 bits per heavy atom. The number of fused-ring (bicyclic) bond motifs is 1. The molecule has 1 saturated heterocycles. The Labute approximate surface area is 152 Å². The van der Waals surface area contributed by atoms with E-state index in [-0.39, 0.29) is 5.91 Å². The molecule has 0 radical (unpaired) electrons. The van der Waals surface area contributed by atoms with Crippen molar-refractivity contribution in [1.29, 1.82) is 0 Å². The highest BCUT2D eigenvalue weighted by Gasteiger charge is 2.33. The van der Waals surface area contributed by atoms with Gasteiger partial charge in [0.25, 0.3) is 0 Å². The van der Waals surface area contributed by atoms with E-state index in [1.807, 2.05) is 54.3 Å². The number of nitrogens with zero attached hydrogens (tertiary/aromatic N) is 3. The number of rotatable bonds is 4. The van der Waals surface area contributed by atoms with Gasteiger partial charge in [-0.2, -0.15) is 0 Å². The zero-order valence-corrected chi connectivity index (χ0v) is 14.9. The SMILES string of the molecule is Cc1nc2ccccc2n1C1CN(C(=O)CCc2cccc(Cl)c2)C1. The number of hydrogen-bond donors (Lipinski definition) is 0. The number of halogens is 1. The zero-order chi connectivity index (χ0) is 17.4. The van der Waals surface area contributed by atoms with Gasteiger partial charge in [0.1, 0.15) is 5.82 Å². The van der Waals surface area contributed by atoms with Crippen LogP contribution in [0, 0.1) is 6.92 Å². The van der Waals surface area contributed by atoms with Gasteiger partial charge in [-0.1, -0.05) is 35.9 Å². The number of hydrogen-bond acceptors (Lipinski definition) is 2. The predicted octanol–water partition coefficient (Wildman–Crippen LogP) is 4.01. The van der Waals surface area contributed by atoms with E-state index in [9.17, 15) is 4.79 Å². The Kier molecular flexibility index (Phi) is 4.22. The first-order chi connectivity index (χ1) is 12.1. The van der Waals surface area contributed by atoms with Crippen LogP contribution in [0.25, 0.3) is 11.0 Å². The van der Waals surface area contributed by atoms with Gasteiger partial charge < -0.3 is 9.47 Å². The summed E-state index contributed by atoms with van der Waals surface area (Å²) in [6, 6.07) is 16.2. The van der Waals surface area contributed by atoms with E-state index < -0.39 is 0 Å². The molecule has 128 valence electrons. The lowest BCUT2D eigenvalue weighted by Gasteiger charge is -2.40. The molecule has 0 atom stereocenters. The van der Waals surface area contributed by atoms with Gasteiger partial charge in [-0.25, -0.2) is 4.98 Å². The second kappa shape index (κ2) is 6.52. The fourth-order valence-electron chi connectivity index (χ4n) is 3.55. The number of benzene rings is 2. The van der Waals surface area contributed by atoms with E-state index >= 15 is 0 Å². The minimum absolute atomic E-state index is 0.207. The van der Waals surface area contributed by atoms with Gasteiger partial charge in [0, 0.05) is 24.5 Å². The summed E-state index contributed by atoms with van der Waals surface area (Å²) >= 11 is 6.00. The molecule has 1 aromatic heterocycles. The maximum Gasteiger partial charge on any atom is 0.223 e. The molecule has 0 spiro atoms. The Morgan fingerprint density at radius 1 is 1.20 bits per heavy atom. The van der Waals surface area contributed by atoms with Gasteiger partial charge in [0.15, 0.2) is 0 Å². The lowest BCUT2D eigenvalue weighted by atomic mass is 10.0. The number of imidazole rings is 1. The molecule has 2 aromatic carbocycles. The monoisotopic (exact) mass is 353 g/mol. The molecule has 5 heteroatoms. The van der Waals surface area contributed by atoms with Crippen LogP contribution in [0.5, 0.6) is 0 Å². The first-order valence-electron chi connectivity index (χ1n) is 8.57. The molecule has 0 aliphatic carbocycles. The molecule has 0 unspecified atom stereocenters. The van der Waals surface area contributed by atoms with Crippen LogP contribution in [0.1, 0.15) is 23.9 Å². The molecule has 4 nitrogen and oxygen atoms in total. The van der Waals surface area contributed by atoms with Crippen molar-refractivity contribution in [3.63, 3.8) is 0 Å². The first kappa shape index (κ1) is 16.2. The highest BCUT2D eigenvalue weighted by Crippen LogP contribution is 2.28. The Hall–Kier alpha value is -2.33. The van der Waals surface area contributed by atoms with Crippen LogP contribution in [0.2, 0.25) is 5.02 Å². The number of para-hydroxylation sites is 2. The molecule has 25 heavy (non-hydrogen) atoms. The standard InChI is InChI=1S/C20H20ClN3O/c1-14-22-18-7-2-3-8-19(18)24(14)17-12-23(13-17)20(25)10-9-15-5-4-6-16(21)11-15/h2-8,11,17H,9-10,12-13H2,1H3. The van der Waals surface area contributed by atoms with Crippen LogP contribution >= 0.6 is 11.6 Å². The molecule has 0 N–H and O–H groups in total. The van der Waals surface area contributed by atoms with Gasteiger partial charge in [-0.3, -0.25) is 4.79 Å². The Morgan fingerprint density at radius 3 is 2.80 bits per heavy atom.